The third kappa shape index (κ3) is 5.09. The molecule has 146 valence electrons. The standard InChI is InChI=1S/C17H29N7O.HI/c1-18-17(19-9-14-5-4-6-21(2)11-14)23-7-8-24(16(25)13-23)15-10-20-22(3)12-15;/h10,12,14H,4-9,11,13H2,1-3H3,(H,18,19);1H. The predicted octanol–water partition coefficient (Wildman–Crippen LogP) is 0.604. The first-order valence-electron chi connectivity index (χ1n) is 9.00. The van der Waals surface area contributed by atoms with Crippen molar-refractivity contribution in [2.24, 2.45) is 18.0 Å². The summed E-state index contributed by atoms with van der Waals surface area (Å²) in [6.07, 6.45) is 6.12. The van der Waals surface area contributed by atoms with Crippen LogP contribution in [0.1, 0.15) is 12.8 Å². The zero-order valence-corrected chi connectivity index (χ0v) is 18.2. The van der Waals surface area contributed by atoms with Crippen LogP contribution in [0, 0.1) is 5.92 Å². The minimum absolute atomic E-state index is 0. The Morgan fingerprint density at radius 2 is 2.15 bits per heavy atom. The highest BCUT2D eigenvalue weighted by Crippen LogP contribution is 2.17. The van der Waals surface area contributed by atoms with Crippen LogP contribution in [-0.4, -0.2) is 84.8 Å². The van der Waals surface area contributed by atoms with Gasteiger partial charge < -0.3 is 20.0 Å². The summed E-state index contributed by atoms with van der Waals surface area (Å²) in [6.45, 7) is 4.99. The van der Waals surface area contributed by atoms with E-state index in [-0.39, 0.29) is 29.9 Å². The lowest BCUT2D eigenvalue weighted by Crippen LogP contribution is -2.56. The molecule has 0 aliphatic carbocycles. The van der Waals surface area contributed by atoms with E-state index >= 15 is 0 Å². The second kappa shape index (κ2) is 9.54. The van der Waals surface area contributed by atoms with Crippen LogP contribution in [0.5, 0.6) is 0 Å². The maximum atomic E-state index is 12.5. The van der Waals surface area contributed by atoms with Crippen LogP contribution in [0.3, 0.4) is 0 Å². The molecule has 1 atom stereocenters. The van der Waals surface area contributed by atoms with E-state index in [1.165, 1.54) is 19.4 Å². The number of rotatable bonds is 3. The molecule has 8 nitrogen and oxygen atoms in total. The van der Waals surface area contributed by atoms with E-state index in [0.29, 0.717) is 19.0 Å². The van der Waals surface area contributed by atoms with Crippen LogP contribution in [-0.2, 0) is 11.8 Å². The molecule has 0 bridgehead atoms. The molecule has 1 aromatic heterocycles. The van der Waals surface area contributed by atoms with Gasteiger partial charge in [-0.15, -0.1) is 24.0 Å². The number of aryl methyl sites for hydroxylation is 1. The maximum Gasteiger partial charge on any atom is 0.246 e. The fourth-order valence-electron chi connectivity index (χ4n) is 3.68. The molecule has 26 heavy (non-hydrogen) atoms. The van der Waals surface area contributed by atoms with Crippen LogP contribution in [0.15, 0.2) is 17.4 Å². The summed E-state index contributed by atoms with van der Waals surface area (Å²) in [4.78, 5) is 23.1. The first kappa shape index (κ1) is 20.9. The normalized spacial score (nSPS) is 22.3. The van der Waals surface area contributed by atoms with E-state index in [9.17, 15) is 4.79 Å². The van der Waals surface area contributed by atoms with Crippen LogP contribution >= 0.6 is 24.0 Å². The van der Waals surface area contributed by atoms with Gasteiger partial charge in [0.1, 0.15) is 6.54 Å². The van der Waals surface area contributed by atoms with Crippen LogP contribution in [0.2, 0.25) is 0 Å². The second-order valence-electron chi connectivity index (χ2n) is 7.04. The molecule has 2 aliphatic heterocycles. The van der Waals surface area contributed by atoms with Crippen molar-refractivity contribution in [3.8, 4) is 0 Å². The quantitative estimate of drug-likeness (QED) is 0.394. The number of hydrogen-bond acceptors (Lipinski definition) is 4. The lowest BCUT2D eigenvalue weighted by Gasteiger charge is -2.36. The van der Waals surface area contributed by atoms with E-state index in [1.807, 2.05) is 18.1 Å². The van der Waals surface area contributed by atoms with E-state index in [0.717, 1.165) is 31.3 Å². The number of aliphatic imine (C=N–C) groups is 1. The summed E-state index contributed by atoms with van der Waals surface area (Å²) in [7, 11) is 5.82. The molecule has 0 radical (unpaired) electrons. The van der Waals surface area contributed by atoms with Crippen LogP contribution < -0.4 is 10.2 Å². The maximum absolute atomic E-state index is 12.5. The summed E-state index contributed by atoms with van der Waals surface area (Å²) in [5, 5.41) is 7.62. The van der Waals surface area contributed by atoms with Crippen LogP contribution in [0.25, 0.3) is 0 Å². The number of carbonyl (C=O) groups excluding carboxylic acids is 1. The highest BCUT2D eigenvalue weighted by molar-refractivity contribution is 14.0. The second-order valence-corrected chi connectivity index (χ2v) is 7.04. The molecule has 3 heterocycles. The molecular formula is C17H30IN7O. The van der Waals surface area contributed by atoms with Crippen molar-refractivity contribution in [2.75, 3.05) is 58.3 Å². The number of carbonyl (C=O) groups is 1. The van der Waals surface area contributed by atoms with Crippen molar-refractivity contribution >= 4 is 41.5 Å². The largest absolute Gasteiger partial charge is 0.356 e. The molecule has 2 aliphatic rings. The van der Waals surface area contributed by atoms with Gasteiger partial charge in [-0.3, -0.25) is 14.5 Å². The minimum atomic E-state index is 0. The molecule has 1 aromatic rings. The Morgan fingerprint density at radius 1 is 1.35 bits per heavy atom. The lowest BCUT2D eigenvalue weighted by molar-refractivity contribution is -0.120. The fraction of sp³-hybridized carbons (Fsp3) is 0.706. The summed E-state index contributed by atoms with van der Waals surface area (Å²) in [6, 6.07) is 0. The first-order chi connectivity index (χ1) is 12.1. The van der Waals surface area contributed by atoms with E-state index in [1.54, 1.807) is 22.8 Å². The molecule has 9 heteroatoms. The molecule has 1 amide bonds. The Balaban J connectivity index is 0.00000243. The van der Waals surface area contributed by atoms with E-state index < -0.39 is 0 Å². The van der Waals surface area contributed by atoms with Crippen molar-refractivity contribution in [3.05, 3.63) is 12.4 Å². The summed E-state index contributed by atoms with van der Waals surface area (Å²) in [5.41, 5.74) is 0.861. The number of halogens is 1. The predicted molar refractivity (Wildman–Crippen MR) is 114 cm³/mol. The van der Waals surface area contributed by atoms with Gasteiger partial charge in [0.15, 0.2) is 5.96 Å². The van der Waals surface area contributed by atoms with Gasteiger partial charge in [0, 0.05) is 46.5 Å². The van der Waals surface area contributed by atoms with Gasteiger partial charge in [0.2, 0.25) is 5.91 Å². The van der Waals surface area contributed by atoms with Crippen molar-refractivity contribution in [3.63, 3.8) is 0 Å². The Hall–Kier alpha value is -1.36. The molecule has 2 fully saturated rings. The number of piperazine rings is 1. The number of hydrogen-bond donors (Lipinski definition) is 1. The Morgan fingerprint density at radius 3 is 2.77 bits per heavy atom. The zero-order chi connectivity index (χ0) is 17.8. The molecule has 1 unspecified atom stereocenters. The summed E-state index contributed by atoms with van der Waals surface area (Å²) in [5.74, 6) is 1.55. The van der Waals surface area contributed by atoms with Crippen molar-refractivity contribution in [1.29, 1.82) is 0 Å². The third-order valence-corrected chi connectivity index (χ3v) is 5.01. The van der Waals surface area contributed by atoms with Gasteiger partial charge in [0.05, 0.1) is 11.9 Å². The molecule has 0 aromatic carbocycles. The number of guanidine groups is 1. The minimum Gasteiger partial charge on any atom is -0.356 e. The number of anilines is 1. The average Bonchev–Trinajstić information content (AvgIpc) is 3.02. The molecular weight excluding hydrogens is 445 g/mol. The molecule has 0 spiro atoms. The van der Waals surface area contributed by atoms with Crippen LogP contribution in [0.4, 0.5) is 5.69 Å². The number of nitrogens with zero attached hydrogens (tertiary/aromatic N) is 6. The zero-order valence-electron chi connectivity index (χ0n) is 15.9. The molecule has 2 saturated heterocycles. The number of likely N-dealkylation sites (tertiary alicyclic amines) is 1. The third-order valence-electron chi connectivity index (χ3n) is 5.01. The first-order valence-corrected chi connectivity index (χ1v) is 9.00. The Kier molecular flexibility index (Phi) is 7.69. The molecule has 3 rings (SSSR count). The van der Waals surface area contributed by atoms with Gasteiger partial charge in [-0.1, -0.05) is 0 Å². The summed E-state index contributed by atoms with van der Waals surface area (Å²) < 4.78 is 1.72. The van der Waals surface area contributed by atoms with Crippen molar-refractivity contribution in [2.45, 2.75) is 12.8 Å². The number of amides is 1. The van der Waals surface area contributed by atoms with E-state index in [4.69, 9.17) is 0 Å². The number of aromatic nitrogens is 2. The van der Waals surface area contributed by atoms with Gasteiger partial charge in [-0.05, 0) is 32.4 Å². The van der Waals surface area contributed by atoms with Crippen molar-refractivity contribution in [1.82, 2.24) is 24.9 Å². The number of nitrogens with one attached hydrogen (secondary N) is 1. The smallest absolute Gasteiger partial charge is 0.246 e. The Bertz CT molecular complexity index is 632. The van der Waals surface area contributed by atoms with Gasteiger partial charge >= 0.3 is 0 Å². The topological polar surface area (TPSA) is 69.0 Å². The lowest BCUT2D eigenvalue weighted by atomic mass is 9.98. The van der Waals surface area contributed by atoms with Crippen molar-refractivity contribution < 1.29 is 4.79 Å². The monoisotopic (exact) mass is 475 g/mol. The number of piperidine rings is 1. The Labute approximate surface area is 172 Å². The molecule has 1 N–H and O–H groups in total. The highest BCUT2D eigenvalue weighted by Gasteiger charge is 2.28. The van der Waals surface area contributed by atoms with E-state index in [2.05, 4.69) is 27.4 Å². The average molecular weight is 475 g/mol. The van der Waals surface area contributed by atoms with Gasteiger partial charge in [0.25, 0.3) is 0 Å². The van der Waals surface area contributed by atoms with Gasteiger partial charge in [-0.2, -0.15) is 5.10 Å². The summed E-state index contributed by atoms with van der Waals surface area (Å²) >= 11 is 0. The highest BCUT2D eigenvalue weighted by atomic mass is 127. The molecule has 0 saturated carbocycles. The SMILES string of the molecule is CN=C(NCC1CCCN(C)C1)N1CCN(c2cnn(C)c2)C(=O)C1.I. The van der Waals surface area contributed by atoms with Gasteiger partial charge in [-0.25, -0.2) is 0 Å². The fourth-order valence-corrected chi connectivity index (χ4v) is 3.68.